The van der Waals surface area contributed by atoms with E-state index in [-0.39, 0.29) is 0 Å². The molecule has 0 spiro atoms. The van der Waals surface area contributed by atoms with E-state index in [4.69, 9.17) is 16.3 Å². The molecule has 4 rings (SSSR count). The summed E-state index contributed by atoms with van der Waals surface area (Å²) in [5.41, 5.74) is 2.30. The monoisotopic (exact) mass is 394 g/mol. The Labute approximate surface area is 164 Å². The van der Waals surface area contributed by atoms with Crippen LogP contribution in [0.15, 0.2) is 5.38 Å². The van der Waals surface area contributed by atoms with E-state index in [9.17, 15) is 0 Å². The van der Waals surface area contributed by atoms with E-state index < -0.39 is 0 Å². The van der Waals surface area contributed by atoms with Crippen LogP contribution >= 0.6 is 22.9 Å². The zero-order chi connectivity index (χ0) is 18.3. The predicted octanol–water partition coefficient (Wildman–Crippen LogP) is 4.33. The van der Waals surface area contributed by atoms with Gasteiger partial charge in [-0.3, -0.25) is 4.90 Å². The van der Waals surface area contributed by atoms with Crippen LogP contribution in [-0.4, -0.2) is 52.8 Å². The molecule has 2 aromatic rings. The number of piperidine rings is 1. The molecule has 0 aliphatic carbocycles. The van der Waals surface area contributed by atoms with Crippen LogP contribution in [0.4, 0.5) is 5.82 Å². The quantitative estimate of drug-likeness (QED) is 0.724. The number of halogens is 1. The van der Waals surface area contributed by atoms with E-state index in [1.165, 1.54) is 24.8 Å². The van der Waals surface area contributed by atoms with Crippen LogP contribution in [0.5, 0.6) is 0 Å². The highest BCUT2D eigenvalue weighted by atomic mass is 35.5. The number of aromatic nitrogens is 2. The normalized spacial score (nSPS) is 28.0. The number of hydrogen-bond donors (Lipinski definition) is 0. The van der Waals surface area contributed by atoms with Gasteiger partial charge >= 0.3 is 0 Å². The lowest BCUT2D eigenvalue weighted by atomic mass is 9.97. The molecule has 2 aliphatic rings. The molecular formula is C19H27ClN4OS. The number of likely N-dealkylation sites (tertiary alicyclic amines) is 1. The van der Waals surface area contributed by atoms with Gasteiger partial charge in [-0.1, -0.05) is 6.42 Å². The van der Waals surface area contributed by atoms with Gasteiger partial charge in [0, 0.05) is 30.7 Å². The Morgan fingerprint density at radius 2 is 1.96 bits per heavy atom. The summed E-state index contributed by atoms with van der Waals surface area (Å²) in [6, 6.07) is 1.53. The molecule has 0 bridgehead atoms. The van der Waals surface area contributed by atoms with Crippen LogP contribution in [0.3, 0.4) is 0 Å². The maximum atomic E-state index is 6.33. The highest BCUT2D eigenvalue weighted by Gasteiger charge is 2.28. The maximum Gasteiger partial charge on any atom is 0.224 e. The van der Waals surface area contributed by atoms with E-state index in [1.807, 2.05) is 0 Å². The summed E-state index contributed by atoms with van der Waals surface area (Å²) in [4.78, 5) is 14.1. The maximum absolute atomic E-state index is 6.33. The molecule has 2 aromatic heterocycles. The molecule has 26 heavy (non-hydrogen) atoms. The summed E-state index contributed by atoms with van der Waals surface area (Å²) < 4.78 is 6.73. The molecule has 0 unspecified atom stereocenters. The van der Waals surface area contributed by atoms with E-state index in [0.29, 0.717) is 23.4 Å². The third kappa shape index (κ3) is 3.44. The second kappa shape index (κ2) is 7.58. The number of fused-ring (bicyclic) bond motifs is 1. The van der Waals surface area contributed by atoms with Crippen LogP contribution in [0, 0.1) is 0 Å². The second-order valence-electron chi connectivity index (χ2n) is 7.67. The summed E-state index contributed by atoms with van der Waals surface area (Å²) in [5, 5.41) is 2.59. The Morgan fingerprint density at radius 3 is 2.69 bits per heavy atom. The van der Waals surface area contributed by atoms with Crippen molar-refractivity contribution < 1.29 is 4.74 Å². The molecule has 2 saturated heterocycles. The zero-order valence-electron chi connectivity index (χ0n) is 15.7. The molecule has 2 fully saturated rings. The largest absolute Gasteiger partial charge is 0.377 e. The number of morpholine rings is 1. The number of nitrogens with zero attached hydrogens (tertiary/aromatic N) is 4. The van der Waals surface area contributed by atoms with Crippen LogP contribution in [0.25, 0.3) is 10.2 Å². The van der Waals surface area contributed by atoms with Crippen molar-refractivity contribution in [2.75, 3.05) is 24.7 Å². The second-order valence-corrected chi connectivity index (χ2v) is 8.89. The van der Waals surface area contributed by atoms with E-state index >= 15 is 0 Å². The van der Waals surface area contributed by atoms with Gasteiger partial charge in [0.25, 0.3) is 0 Å². The molecule has 7 heteroatoms. The Bertz CT molecular complexity index is 772. The molecule has 142 valence electrons. The summed E-state index contributed by atoms with van der Waals surface area (Å²) >= 11 is 8.07. The van der Waals surface area contributed by atoms with Crippen molar-refractivity contribution in [1.29, 1.82) is 0 Å². The summed E-state index contributed by atoms with van der Waals surface area (Å²) in [6.07, 6.45) is 3.88. The lowest BCUT2D eigenvalue weighted by molar-refractivity contribution is 0.0958. The van der Waals surface area contributed by atoms with Gasteiger partial charge in [-0.05, 0) is 50.6 Å². The lowest BCUT2D eigenvalue weighted by Crippen LogP contribution is -2.44. The van der Waals surface area contributed by atoms with Crippen LogP contribution in [-0.2, 0) is 11.3 Å². The average Bonchev–Trinajstić information content (AvgIpc) is 3.01. The first-order chi connectivity index (χ1) is 12.5. The molecular weight excluding hydrogens is 368 g/mol. The highest BCUT2D eigenvalue weighted by Crippen LogP contribution is 2.36. The van der Waals surface area contributed by atoms with Crippen molar-refractivity contribution in [3.8, 4) is 0 Å². The van der Waals surface area contributed by atoms with Crippen LogP contribution in [0.2, 0.25) is 5.28 Å². The predicted molar refractivity (Wildman–Crippen MR) is 108 cm³/mol. The molecule has 0 aromatic carbocycles. The first kappa shape index (κ1) is 18.4. The van der Waals surface area contributed by atoms with Gasteiger partial charge in [0.2, 0.25) is 5.28 Å². The van der Waals surface area contributed by atoms with E-state index in [2.05, 4.69) is 45.9 Å². The Hall–Kier alpha value is -0.950. The van der Waals surface area contributed by atoms with Crippen molar-refractivity contribution >= 4 is 39.0 Å². The number of anilines is 1. The van der Waals surface area contributed by atoms with Crippen molar-refractivity contribution in [3.05, 3.63) is 16.2 Å². The molecule has 5 nitrogen and oxygen atoms in total. The van der Waals surface area contributed by atoms with Gasteiger partial charge in [0.05, 0.1) is 29.5 Å². The zero-order valence-corrected chi connectivity index (χ0v) is 17.3. The standard InChI is InChI=1S/C19H27ClN4OS/c1-12-5-4-6-13(2)24(12)9-15-11-26-17-16(15)21-19(20)22-18(17)23-7-8-25-10-14(23)3/h11-14H,4-10H2,1-3H3/t12-,13+,14-/m1/s1. The third-order valence-electron chi connectivity index (χ3n) is 5.81. The number of hydrogen-bond acceptors (Lipinski definition) is 6. The topological polar surface area (TPSA) is 41.5 Å². The number of ether oxygens (including phenoxy) is 1. The highest BCUT2D eigenvalue weighted by molar-refractivity contribution is 7.18. The first-order valence-electron chi connectivity index (χ1n) is 9.58. The molecule has 0 N–H and O–H groups in total. The fraction of sp³-hybridized carbons (Fsp3) is 0.684. The van der Waals surface area contributed by atoms with Gasteiger partial charge in [-0.15, -0.1) is 11.3 Å². The average molecular weight is 395 g/mol. The number of rotatable bonds is 3. The molecule has 4 heterocycles. The Balaban J connectivity index is 1.69. The minimum Gasteiger partial charge on any atom is -0.377 e. The van der Waals surface area contributed by atoms with E-state index in [1.54, 1.807) is 11.3 Å². The fourth-order valence-corrected chi connectivity index (χ4v) is 5.42. The SMILES string of the molecule is C[C@@H]1COCCN1c1nc(Cl)nc2c(CN3[C@H](C)CCC[C@@H]3C)csc12. The Kier molecular flexibility index (Phi) is 5.37. The minimum atomic E-state index is 0.297. The summed E-state index contributed by atoms with van der Waals surface area (Å²) in [7, 11) is 0. The smallest absolute Gasteiger partial charge is 0.224 e. The third-order valence-corrected chi connectivity index (χ3v) is 7.00. The molecule has 0 amide bonds. The minimum absolute atomic E-state index is 0.297. The molecule has 0 saturated carbocycles. The van der Waals surface area contributed by atoms with Crippen LogP contribution in [0.1, 0.15) is 45.6 Å². The Morgan fingerprint density at radius 1 is 1.19 bits per heavy atom. The van der Waals surface area contributed by atoms with E-state index in [0.717, 1.165) is 42.3 Å². The van der Waals surface area contributed by atoms with Gasteiger partial charge in [-0.2, -0.15) is 4.98 Å². The van der Waals surface area contributed by atoms with Gasteiger partial charge < -0.3 is 9.64 Å². The summed E-state index contributed by atoms with van der Waals surface area (Å²) in [5.74, 6) is 0.965. The van der Waals surface area contributed by atoms with Gasteiger partial charge in [0.1, 0.15) is 0 Å². The van der Waals surface area contributed by atoms with Crippen molar-refractivity contribution in [3.63, 3.8) is 0 Å². The molecule has 3 atom stereocenters. The van der Waals surface area contributed by atoms with Crippen LogP contribution < -0.4 is 4.90 Å². The first-order valence-corrected chi connectivity index (χ1v) is 10.8. The van der Waals surface area contributed by atoms with Gasteiger partial charge in [-0.25, -0.2) is 4.98 Å². The van der Waals surface area contributed by atoms with Gasteiger partial charge in [0.15, 0.2) is 5.82 Å². The summed E-state index contributed by atoms with van der Waals surface area (Å²) in [6.45, 7) is 10.1. The molecule has 0 radical (unpaired) electrons. The molecule has 2 aliphatic heterocycles. The number of thiophene rings is 1. The fourth-order valence-electron chi connectivity index (χ4n) is 4.26. The van der Waals surface area contributed by atoms with Crippen molar-refractivity contribution in [2.24, 2.45) is 0 Å². The van der Waals surface area contributed by atoms with Crippen molar-refractivity contribution in [2.45, 2.75) is 64.7 Å². The lowest BCUT2D eigenvalue weighted by Gasteiger charge is -2.38. The van der Waals surface area contributed by atoms with Crippen molar-refractivity contribution in [1.82, 2.24) is 14.9 Å².